The molecule has 0 spiro atoms. The highest BCUT2D eigenvalue weighted by Gasteiger charge is 2.23. The maximum atomic E-state index is 12.8. The molecule has 1 aromatic carbocycles. The standard InChI is InChI=1S/C17H20N4O2S/c1-12-7-13(2)9-16(8-12)21-6-5-18-17(21)24(22,23)11-15-10-14(3)20(4)19-15/h5-10H,11H2,1-4H3. The van der Waals surface area contributed by atoms with Gasteiger partial charge < -0.3 is 0 Å². The summed E-state index contributed by atoms with van der Waals surface area (Å²) < 4.78 is 28.9. The van der Waals surface area contributed by atoms with E-state index in [2.05, 4.69) is 10.1 Å². The molecule has 126 valence electrons. The van der Waals surface area contributed by atoms with Gasteiger partial charge in [-0.2, -0.15) is 5.10 Å². The number of rotatable bonds is 4. The van der Waals surface area contributed by atoms with Crippen molar-refractivity contribution in [3.8, 4) is 5.69 Å². The molecule has 0 amide bonds. The summed E-state index contributed by atoms with van der Waals surface area (Å²) in [6.07, 6.45) is 3.18. The van der Waals surface area contributed by atoms with Gasteiger partial charge in [0.15, 0.2) is 0 Å². The van der Waals surface area contributed by atoms with Crippen LogP contribution < -0.4 is 0 Å². The van der Waals surface area contributed by atoms with Crippen LogP contribution in [-0.2, 0) is 22.6 Å². The van der Waals surface area contributed by atoms with Crippen molar-refractivity contribution in [1.29, 1.82) is 0 Å². The molecule has 2 heterocycles. The number of benzene rings is 1. The fourth-order valence-electron chi connectivity index (χ4n) is 2.77. The molecular formula is C17H20N4O2S. The van der Waals surface area contributed by atoms with Crippen LogP contribution >= 0.6 is 0 Å². The lowest BCUT2D eigenvalue weighted by molar-refractivity contribution is 0.582. The number of sulfone groups is 1. The van der Waals surface area contributed by atoms with Crippen LogP contribution in [0.2, 0.25) is 0 Å². The van der Waals surface area contributed by atoms with Crippen LogP contribution in [-0.4, -0.2) is 27.7 Å². The average Bonchev–Trinajstić information content (AvgIpc) is 3.05. The summed E-state index contributed by atoms with van der Waals surface area (Å²) in [5.74, 6) is -0.170. The molecule has 24 heavy (non-hydrogen) atoms. The van der Waals surface area contributed by atoms with Gasteiger partial charge in [-0.15, -0.1) is 0 Å². The Kier molecular flexibility index (Phi) is 4.04. The lowest BCUT2D eigenvalue weighted by Crippen LogP contribution is -2.12. The van der Waals surface area contributed by atoms with Gasteiger partial charge in [0.05, 0.1) is 5.69 Å². The van der Waals surface area contributed by atoms with E-state index in [-0.39, 0.29) is 10.9 Å². The minimum Gasteiger partial charge on any atom is -0.291 e. The first-order valence-electron chi connectivity index (χ1n) is 7.60. The Bertz CT molecular complexity index is 960. The van der Waals surface area contributed by atoms with Crippen LogP contribution in [0.25, 0.3) is 5.69 Å². The minimum absolute atomic E-state index is 0.0378. The number of hydrogen-bond acceptors (Lipinski definition) is 4. The van der Waals surface area contributed by atoms with Crippen molar-refractivity contribution in [2.75, 3.05) is 0 Å². The van der Waals surface area contributed by atoms with E-state index < -0.39 is 9.84 Å². The summed E-state index contributed by atoms with van der Waals surface area (Å²) in [6.45, 7) is 5.86. The first-order valence-corrected chi connectivity index (χ1v) is 9.26. The van der Waals surface area contributed by atoms with Gasteiger partial charge in [-0.25, -0.2) is 13.4 Å². The molecule has 3 rings (SSSR count). The summed E-state index contributed by atoms with van der Waals surface area (Å²) in [4.78, 5) is 4.09. The highest BCUT2D eigenvalue weighted by Crippen LogP contribution is 2.21. The Morgan fingerprint density at radius 2 is 1.71 bits per heavy atom. The number of hydrogen-bond donors (Lipinski definition) is 0. The zero-order chi connectivity index (χ0) is 17.5. The summed E-state index contributed by atoms with van der Waals surface area (Å²) in [5, 5.41) is 4.27. The maximum absolute atomic E-state index is 12.8. The lowest BCUT2D eigenvalue weighted by Gasteiger charge is -2.10. The molecule has 0 bridgehead atoms. The second kappa shape index (κ2) is 5.90. The zero-order valence-corrected chi connectivity index (χ0v) is 15.0. The number of nitrogens with zero attached hydrogens (tertiary/aromatic N) is 4. The van der Waals surface area contributed by atoms with Crippen molar-refractivity contribution < 1.29 is 8.42 Å². The number of imidazole rings is 1. The topological polar surface area (TPSA) is 69.8 Å². The molecule has 0 aliphatic rings. The van der Waals surface area contributed by atoms with Crippen molar-refractivity contribution in [2.24, 2.45) is 7.05 Å². The minimum atomic E-state index is -3.60. The van der Waals surface area contributed by atoms with Crippen LogP contribution in [0.15, 0.2) is 41.8 Å². The van der Waals surface area contributed by atoms with E-state index in [4.69, 9.17) is 0 Å². The molecule has 0 atom stereocenters. The molecule has 0 unspecified atom stereocenters. The summed E-state index contributed by atoms with van der Waals surface area (Å²) in [5.41, 5.74) is 4.37. The van der Waals surface area contributed by atoms with Crippen LogP contribution in [0.1, 0.15) is 22.5 Å². The Morgan fingerprint density at radius 1 is 1.04 bits per heavy atom. The largest absolute Gasteiger partial charge is 0.291 e. The zero-order valence-electron chi connectivity index (χ0n) is 14.2. The van der Waals surface area contributed by atoms with Crippen molar-refractivity contribution in [3.63, 3.8) is 0 Å². The van der Waals surface area contributed by atoms with Gasteiger partial charge in [-0.05, 0) is 50.1 Å². The van der Waals surface area contributed by atoms with E-state index in [9.17, 15) is 8.42 Å². The quantitative estimate of drug-likeness (QED) is 0.729. The molecule has 0 N–H and O–H groups in total. The Morgan fingerprint density at radius 3 is 2.29 bits per heavy atom. The SMILES string of the molecule is Cc1cc(C)cc(-n2ccnc2S(=O)(=O)Cc2cc(C)n(C)n2)c1. The third-order valence-electron chi connectivity index (χ3n) is 3.87. The predicted octanol–water partition coefficient (Wildman–Crippen LogP) is 2.50. The van der Waals surface area contributed by atoms with Gasteiger partial charge in [0.1, 0.15) is 5.75 Å². The number of aromatic nitrogens is 4. The second-order valence-corrected chi connectivity index (χ2v) is 7.97. The third-order valence-corrected chi connectivity index (χ3v) is 5.41. The molecule has 3 aromatic rings. The average molecular weight is 344 g/mol. The molecule has 0 aliphatic heterocycles. The van der Waals surface area contributed by atoms with Gasteiger partial charge in [-0.1, -0.05) is 6.07 Å². The molecule has 2 aromatic heterocycles. The highest BCUT2D eigenvalue weighted by molar-refractivity contribution is 7.90. The van der Waals surface area contributed by atoms with Crippen molar-refractivity contribution in [1.82, 2.24) is 19.3 Å². The van der Waals surface area contributed by atoms with Crippen LogP contribution in [0.5, 0.6) is 0 Å². The maximum Gasteiger partial charge on any atom is 0.232 e. The fraction of sp³-hybridized carbons (Fsp3) is 0.294. The smallest absolute Gasteiger partial charge is 0.232 e. The van der Waals surface area contributed by atoms with Crippen LogP contribution in [0, 0.1) is 20.8 Å². The van der Waals surface area contributed by atoms with E-state index >= 15 is 0 Å². The molecule has 0 fully saturated rings. The van der Waals surface area contributed by atoms with Crippen molar-refractivity contribution in [2.45, 2.75) is 31.7 Å². The molecular weight excluding hydrogens is 324 g/mol. The molecule has 0 aliphatic carbocycles. The lowest BCUT2D eigenvalue weighted by atomic mass is 10.1. The van der Waals surface area contributed by atoms with E-state index in [1.54, 1.807) is 28.6 Å². The Labute approximate surface area is 141 Å². The third kappa shape index (κ3) is 3.12. The number of aryl methyl sites for hydroxylation is 4. The summed E-state index contributed by atoms with van der Waals surface area (Å²) in [7, 11) is -1.81. The molecule has 0 saturated carbocycles. The van der Waals surface area contributed by atoms with E-state index in [0.717, 1.165) is 22.5 Å². The fourth-order valence-corrected chi connectivity index (χ4v) is 4.12. The van der Waals surface area contributed by atoms with E-state index in [0.29, 0.717) is 5.69 Å². The van der Waals surface area contributed by atoms with Gasteiger partial charge in [0, 0.05) is 30.8 Å². The Hall–Kier alpha value is -2.41. The van der Waals surface area contributed by atoms with E-state index in [1.165, 1.54) is 6.20 Å². The van der Waals surface area contributed by atoms with Gasteiger partial charge in [-0.3, -0.25) is 9.25 Å². The molecule has 0 radical (unpaired) electrons. The first-order chi connectivity index (χ1) is 11.3. The van der Waals surface area contributed by atoms with Crippen LogP contribution in [0.4, 0.5) is 0 Å². The molecule has 6 nitrogen and oxygen atoms in total. The van der Waals surface area contributed by atoms with Crippen molar-refractivity contribution in [3.05, 3.63) is 59.2 Å². The normalized spacial score (nSPS) is 11.8. The summed E-state index contributed by atoms with van der Waals surface area (Å²) in [6, 6.07) is 7.71. The van der Waals surface area contributed by atoms with Crippen molar-refractivity contribution >= 4 is 9.84 Å². The monoisotopic (exact) mass is 344 g/mol. The predicted molar refractivity (Wildman–Crippen MR) is 91.9 cm³/mol. The van der Waals surface area contributed by atoms with Gasteiger partial charge >= 0.3 is 0 Å². The summed E-state index contributed by atoms with van der Waals surface area (Å²) >= 11 is 0. The molecule has 7 heteroatoms. The van der Waals surface area contributed by atoms with Crippen LogP contribution in [0.3, 0.4) is 0 Å². The van der Waals surface area contributed by atoms with Gasteiger partial charge in [0.25, 0.3) is 0 Å². The molecule has 0 saturated heterocycles. The Balaban J connectivity index is 2.02. The van der Waals surface area contributed by atoms with E-state index in [1.807, 2.05) is 39.0 Å². The second-order valence-electron chi connectivity index (χ2n) is 6.09. The highest BCUT2D eigenvalue weighted by atomic mass is 32.2. The van der Waals surface area contributed by atoms with Gasteiger partial charge in [0.2, 0.25) is 15.0 Å². The first kappa shape index (κ1) is 16.4.